The molecule has 2 aromatic rings. The molecule has 1 heterocycles. The summed E-state index contributed by atoms with van der Waals surface area (Å²) in [5, 5.41) is 13.7. The Kier molecular flexibility index (Phi) is 5.90. The van der Waals surface area contributed by atoms with E-state index >= 15 is 0 Å². The molecular weight excluding hydrogens is 374 g/mol. The first-order valence-electron chi connectivity index (χ1n) is 8.08. The van der Waals surface area contributed by atoms with Crippen molar-refractivity contribution in [3.63, 3.8) is 0 Å². The summed E-state index contributed by atoms with van der Waals surface area (Å²) in [5.74, 6) is -0.428. The zero-order chi connectivity index (χ0) is 20.4. The summed E-state index contributed by atoms with van der Waals surface area (Å²) >= 11 is 6.08. The minimum atomic E-state index is -0.551. The van der Waals surface area contributed by atoms with Crippen molar-refractivity contribution >= 4 is 29.1 Å². The number of rotatable bonds is 5. The summed E-state index contributed by atoms with van der Waals surface area (Å²) in [6.07, 6.45) is 0. The molecule has 1 aromatic carbocycles. The Bertz CT molecular complexity index is 885. The summed E-state index contributed by atoms with van der Waals surface area (Å²) in [5.41, 5.74) is -0.114. The molecule has 2 rings (SSSR count). The van der Waals surface area contributed by atoms with Gasteiger partial charge in [-0.05, 0) is 39.0 Å². The van der Waals surface area contributed by atoms with Crippen LogP contribution in [0.15, 0.2) is 34.7 Å². The van der Waals surface area contributed by atoms with Gasteiger partial charge in [0.1, 0.15) is 5.76 Å². The van der Waals surface area contributed by atoms with Crippen LogP contribution in [0.3, 0.4) is 0 Å². The molecule has 0 saturated heterocycles. The van der Waals surface area contributed by atoms with E-state index in [0.717, 1.165) is 0 Å². The number of likely N-dealkylation sites (N-methyl/N-ethyl adjacent to an activating group) is 1. The summed E-state index contributed by atoms with van der Waals surface area (Å²) in [6, 6.07) is 6.98. The number of furan rings is 1. The van der Waals surface area contributed by atoms with Gasteiger partial charge in [-0.3, -0.25) is 19.7 Å². The third kappa shape index (κ3) is 5.30. The maximum atomic E-state index is 12.4. The standard InChI is InChI=1S/C18H20ClN3O5/c1-18(2,3)20-16(23)10-21(4)17(24)15-8-7-14(27-15)12-6-5-11(22(25)26)9-13(12)19/h5-9H,10H2,1-4H3,(H,20,23). The van der Waals surface area contributed by atoms with E-state index < -0.39 is 16.4 Å². The molecule has 1 aromatic heterocycles. The van der Waals surface area contributed by atoms with Crippen molar-refractivity contribution in [2.24, 2.45) is 0 Å². The minimum absolute atomic E-state index is 0.0329. The molecule has 0 saturated carbocycles. The first kappa shape index (κ1) is 20.4. The molecule has 2 amide bonds. The van der Waals surface area contributed by atoms with E-state index in [-0.39, 0.29) is 28.9 Å². The van der Waals surface area contributed by atoms with Crippen molar-refractivity contribution in [2.45, 2.75) is 26.3 Å². The lowest BCUT2D eigenvalue weighted by molar-refractivity contribution is -0.384. The quantitative estimate of drug-likeness (QED) is 0.618. The van der Waals surface area contributed by atoms with Crippen molar-refractivity contribution in [3.8, 4) is 11.3 Å². The van der Waals surface area contributed by atoms with Crippen molar-refractivity contribution in [2.75, 3.05) is 13.6 Å². The van der Waals surface area contributed by atoms with Crippen LogP contribution in [0.5, 0.6) is 0 Å². The van der Waals surface area contributed by atoms with Crippen molar-refractivity contribution in [1.29, 1.82) is 0 Å². The molecular formula is C18H20ClN3O5. The van der Waals surface area contributed by atoms with Crippen LogP contribution < -0.4 is 5.32 Å². The van der Waals surface area contributed by atoms with Crippen LogP contribution in [0, 0.1) is 10.1 Å². The zero-order valence-electron chi connectivity index (χ0n) is 15.4. The number of nitro benzene ring substituents is 1. The molecule has 0 unspecified atom stereocenters. The molecule has 0 atom stereocenters. The van der Waals surface area contributed by atoms with Gasteiger partial charge >= 0.3 is 0 Å². The summed E-state index contributed by atoms with van der Waals surface area (Å²) in [6.45, 7) is 5.42. The van der Waals surface area contributed by atoms with Gasteiger partial charge in [0.15, 0.2) is 5.76 Å². The van der Waals surface area contributed by atoms with Gasteiger partial charge in [-0.1, -0.05) is 11.6 Å². The maximum Gasteiger partial charge on any atom is 0.289 e. The predicted octanol–water partition coefficient (Wildman–Crippen LogP) is 3.49. The van der Waals surface area contributed by atoms with E-state index in [1.165, 1.54) is 36.2 Å². The lowest BCUT2D eigenvalue weighted by Crippen LogP contribution is -2.46. The summed E-state index contributed by atoms with van der Waals surface area (Å²) in [7, 11) is 1.49. The molecule has 0 fully saturated rings. The number of nitrogens with one attached hydrogen (secondary N) is 1. The highest BCUT2D eigenvalue weighted by Crippen LogP contribution is 2.32. The molecule has 0 bridgehead atoms. The first-order valence-corrected chi connectivity index (χ1v) is 8.46. The van der Waals surface area contributed by atoms with Gasteiger partial charge in [0.05, 0.1) is 16.5 Å². The molecule has 0 spiro atoms. The smallest absolute Gasteiger partial charge is 0.289 e. The number of nitrogens with zero attached hydrogens (tertiary/aromatic N) is 2. The fraction of sp³-hybridized carbons (Fsp3) is 0.333. The van der Waals surface area contributed by atoms with E-state index in [1.54, 1.807) is 6.07 Å². The fourth-order valence-electron chi connectivity index (χ4n) is 2.35. The van der Waals surface area contributed by atoms with Crippen LogP contribution in [0.25, 0.3) is 11.3 Å². The second-order valence-corrected chi connectivity index (χ2v) is 7.45. The zero-order valence-corrected chi connectivity index (χ0v) is 16.2. The normalized spacial score (nSPS) is 11.1. The van der Waals surface area contributed by atoms with Crippen LogP contribution in [0.2, 0.25) is 5.02 Å². The summed E-state index contributed by atoms with van der Waals surface area (Å²) < 4.78 is 5.54. The molecule has 0 aliphatic carbocycles. The number of carbonyl (C=O) groups excluding carboxylic acids is 2. The molecule has 144 valence electrons. The van der Waals surface area contributed by atoms with Crippen LogP contribution in [0.4, 0.5) is 5.69 Å². The molecule has 0 aliphatic rings. The second-order valence-electron chi connectivity index (χ2n) is 7.04. The third-order valence-electron chi connectivity index (χ3n) is 3.49. The lowest BCUT2D eigenvalue weighted by Gasteiger charge is -2.23. The predicted molar refractivity (Wildman–Crippen MR) is 101 cm³/mol. The molecule has 27 heavy (non-hydrogen) atoms. The number of carbonyl (C=O) groups is 2. The maximum absolute atomic E-state index is 12.4. The van der Waals surface area contributed by atoms with Gasteiger partial charge < -0.3 is 14.6 Å². The van der Waals surface area contributed by atoms with E-state index in [4.69, 9.17) is 16.0 Å². The average molecular weight is 394 g/mol. The molecule has 0 radical (unpaired) electrons. The Balaban J connectivity index is 2.14. The molecule has 1 N–H and O–H groups in total. The van der Waals surface area contributed by atoms with Crippen molar-refractivity contribution < 1.29 is 18.9 Å². The number of nitro groups is 1. The first-order chi connectivity index (χ1) is 12.5. The van der Waals surface area contributed by atoms with Gasteiger partial charge in [0.2, 0.25) is 5.91 Å². The largest absolute Gasteiger partial charge is 0.451 e. The van der Waals surface area contributed by atoms with Crippen LogP contribution >= 0.6 is 11.6 Å². The summed E-state index contributed by atoms with van der Waals surface area (Å²) in [4.78, 5) is 35.9. The van der Waals surface area contributed by atoms with Crippen molar-refractivity contribution in [1.82, 2.24) is 10.2 Å². The van der Waals surface area contributed by atoms with Gasteiger partial charge in [-0.15, -0.1) is 0 Å². The molecule has 8 nitrogen and oxygen atoms in total. The van der Waals surface area contributed by atoms with Crippen LogP contribution in [-0.2, 0) is 4.79 Å². The Morgan fingerprint density at radius 2 is 1.93 bits per heavy atom. The van der Waals surface area contributed by atoms with E-state index in [9.17, 15) is 19.7 Å². The van der Waals surface area contributed by atoms with Crippen molar-refractivity contribution in [3.05, 3.63) is 51.2 Å². The highest BCUT2D eigenvalue weighted by atomic mass is 35.5. The average Bonchev–Trinajstić information content (AvgIpc) is 3.01. The van der Waals surface area contributed by atoms with E-state index in [1.807, 2.05) is 20.8 Å². The second kappa shape index (κ2) is 7.79. The molecule has 9 heteroatoms. The third-order valence-corrected chi connectivity index (χ3v) is 3.80. The fourth-order valence-corrected chi connectivity index (χ4v) is 2.62. The van der Waals surface area contributed by atoms with E-state index in [0.29, 0.717) is 11.3 Å². The van der Waals surface area contributed by atoms with Gasteiger partial charge in [-0.25, -0.2) is 0 Å². The Hall–Kier alpha value is -2.87. The Morgan fingerprint density at radius 3 is 2.48 bits per heavy atom. The Labute approximate surface area is 161 Å². The van der Waals surface area contributed by atoms with Gasteiger partial charge in [0, 0.05) is 30.3 Å². The van der Waals surface area contributed by atoms with Crippen LogP contribution in [-0.4, -0.2) is 40.8 Å². The highest BCUT2D eigenvalue weighted by Gasteiger charge is 2.22. The number of non-ortho nitro benzene ring substituents is 1. The Morgan fingerprint density at radius 1 is 1.26 bits per heavy atom. The number of hydrogen-bond donors (Lipinski definition) is 1. The minimum Gasteiger partial charge on any atom is -0.451 e. The van der Waals surface area contributed by atoms with Crippen LogP contribution in [0.1, 0.15) is 31.3 Å². The number of halogens is 1. The van der Waals surface area contributed by atoms with Gasteiger partial charge in [-0.2, -0.15) is 0 Å². The monoisotopic (exact) mass is 393 g/mol. The molecule has 0 aliphatic heterocycles. The van der Waals surface area contributed by atoms with Gasteiger partial charge in [0.25, 0.3) is 11.6 Å². The SMILES string of the molecule is CN(CC(=O)NC(C)(C)C)C(=O)c1ccc(-c2ccc([N+](=O)[O-])cc2Cl)o1. The topological polar surface area (TPSA) is 106 Å². The highest BCUT2D eigenvalue weighted by molar-refractivity contribution is 6.33. The number of benzene rings is 1. The lowest BCUT2D eigenvalue weighted by atomic mass is 10.1. The number of amides is 2. The number of hydrogen-bond acceptors (Lipinski definition) is 5. The van der Waals surface area contributed by atoms with E-state index in [2.05, 4.69) is 5.32 Å².